The molecule has 6 N–H and O–H groups in total. The van der Waals surface area contributed by atoms with Gasteiger partial charge in [0.25, 0.3) is 0 Å². The number of amides is 2. The number of fused-ring (bicyclic) bond motifs is 2. The van der Waals surface area contributed by atoms with Crippen molar-refractivity contribution in [3.05, 3.63) is 239 Å². The fraction of sp³-hybridized carbons (Fsp3) is 0.490. The number of halogens is 5. The van der Waals surface area contributed by atoms with E-state index < -0.39 is 120 Å². The van der Waals surface area contributed by atoms with Crippen LogP contribution in [0.15, 0.2) is 193 Å². The number of hydrogen-bond acceptors (Lipinski definition) is 20. The Hall–Kier alpha value is -7.70. The van der Waals surface area contributed by atoms with E-state index in [-0.39, 0.29) is 194 Å². The summed E-state index contributed by atoms with van der Waals surface area (Å²) in [7, 11) is 0. The maximum Gasteiger partial charge on any atom is 1.00 e. The smallest absolute Gasteiger partial charge is 0.550 e. The van der Waals surface area contributed by atoms with Crippen LogP contribution in [0.4, 0.5) is 28.9 Å². The molecule has 2 aliphatic heterocycles. The zero-order chi connectivity index (χ0) is 93.9. The summed E-state index contributed by atoms with van der Waals surface area (Å²) >= 11 is 1.92. The number of carboxylic acids is 1. The minimum absolute atomic E-state index is 0. The van der Waals surface area contributed by atoms with Crippen molar-refractivity contribution in [2.24, 2.45) is 70.0 Å². The predicted molar refractivity (Wildman–Crippen MR) is 484 cm³/mol. The maximum absolute atomic E-state index is 13.8. The van der Waals surface area contributed by atoms with E-state index in [1.807, 2.05) is 64.1 Å². The number of esters is 5. The number of rotatable bonds is 37. The number of aliphatic carboxylic acids is 1. The van der Waals surface area contributed by atoms with Crippen molar-refractivity contribution in [2.75, 3.05) is 20.8 Å². The molecule has 28 heteroatoms. The Balaban J connectivity index is 0.000000242. The molecule has 6 aliphatic rings. The van der Waals surface area contributed by atoms with Gasteiger partial charge in [-0.25, -0.2) is 22.4 Å². The number of alkyl halides is 1. The van der Waals surface area contributed by atoms with Crippen LogP contribution in [0.2, 0.25) is 0 Å². The van der Waals surface area contributed by atoms with Gasteiger partial charge in [-0.05, 0) is 284 Å². The van der Waals surface area contributed by atoms with Gasteiger partial charge in [0.05, 0.1) is 82.2 Å². The van der Waals surface area contributed by atoms with E-state index in [4.69, 9.17) is 23.7 Å². The van der Waals surface area contributed by atoms with Crippen molar-refractivity contribution in [3.63, 3.8) is 0 Å². The topological polar surface area (TPSA) is 334 Å². The van der Waals surface area contributed by atoms with Crippen LogP contribution >= 0.6 is 22.6 Å². The molecule has 2 heterocycles. The molecule has 2 amide bonds. The number of anilines is 2. The number of benzene rings is 6. The SMILES string of the molecule is CCC(C)(C)C(=O)O[C@H]1C[C@@H](C)C=C2C=C[C@H](C)C(CC[C@@H](O)C[C@@H](O)CC(=O)OCC(=O)Oc3ccc([C@@H]4[C@@H](CC[C@H](O)c5ccc(F)cc5)C(=O)N4c4ccc(F)cc4)cc3)[C@H]21.CCC(C)(C)C(=O)O[C@H]1C[C@@H](C)C=C2C=C[C@H](C)[C@H](CC[C@@H](O)C[C@@H](O)CC(=O)[O-])[C@H]21.O=C(CI)Oc1ccc([C@@H]2[C@@H](CC[C@H](O)c3ccc(F)cc3)C(=O)N2c2ccc(F)cc2)cc1.[Cs+]. The minimum Gasteiger partial charge on any atom is -0.550 e. The molecule has 2 fully saturated rings. The molecule has 6 aromatic rings. The van der Waals surface area contributed by atoms with Gasteiger partial charge in [-0.15, -0.1) is 0 Å². The average molecular weight is 2030 g/mol. The quantitative estimate of drug-likeness (QED) is 0.00401. The fourth-order valence-electron chi connectivity index (χ4n) is 18.1. The summed E-state index contributed by atoms with van der Waals surface area (Å²) in [4.78, 5) is 103. The van der Waals surface area contributed by atoms with Crippen LogP contribution in [0.3, 0.4) is 0 Å². The third kappa shape index (κ3) is 28.9. The van der Waals surface area contributed by atoms with Gasteiger partial charge in [0, 0.05) is 35.6 Å². The number of β-lactam (4-membered cyclic amide) rings is 2. The first-order valence-corrected chi connectivity index (χ1v) is 46.3. The third-order valence-corrected chi connectivity index (χ3v) is 26.8. The molecule has 0 radical (unpaired) electrons. The molecule has 20 atom stereocenters. The second-order valence-electron chi connectivity index (χ2n) is 36.6. The Labute approximate surface area is 831 Å². The van der Waals surface area contributed by atoms with Gasteiger partial charge >= 0.3 is 98.7 Å². The summed E-state index contributed by atoms with van der Waals surface area (Å²) < 4.78 is 82.0. The fourth-order valence-corrected chi connectivity index (χ4v) is 18.2. The predicted octanol–water partition coefficient (Wildman–Crippen LogP) is 14.0. The molecule has 0 aromatic heterocycles. The monoisotopic (exact) mass is 2030 g/mol. The summed E-state index contributed by atoms with van der Waals surface area (Å²) in [5.74, 6) is -4.75. The minimum atomic E-state index is -1.32. The van der Waals surface area contributed by atoms with Gasteiger partial charge in [-0.3, -0.25) is 28.8 Å². The Bertz CT molecular complexity index is 4920. The molecule has 4 aliphatic carbocycles. The van der Waals surface area contributed by atoms with E-state index in [0.717, 1.165) is 24.0 Å². The van der Waals surface area contributed by atoms with Crippen LogP contribution in [0.1, 0.15) is 219 Å². The van der Waals surface area contributed by atoms with Crippen molar-refractivity contribution < 1.29 is 184 Å². The van der Waals surface area contributed by atoms with E-state index in [9.17, 15) is 91.7 Å². The number of carbonyl (C=O) groups excluding carboxylic acids is 8. The van der Waals surface area contributed by atoms with Gasteiger partial charge < -0.3 is 74.0 Å². The number of carboxylic acid groups (broad SMARTS) is 1. The molecule has 22 nitrogen and oxygen atoms in total. The molecular formula is C102H122CsF4IN2O20. The second kappa shape index (κ2) is 49.0. The van der Waals surface area contributed by atoms with Gasteiger partial charge in [0.15, 0.2) is 6.61 Å². The van der Waals surface area contributed by atoms with E-state index in [2.05, 4.69) is 64.2 Å². The number of aliphatic hydroxyl groups is 6. The number of nitrogens with zero attached hydrogens (tertiary/aromatic N) is 2. The Morgan fingerprint density at radius 2 is 0.831 bits per heavy atom. The van der Waals surface area contributed by atoms with Crippen LogP contribution in [0, 0.1) is 93.3 Å². The van der Waals surface area contributed by atoms with Crippen molar-refractivity contribution >= 4 is 81.6 Å². The second-order valence-corrected chi connectivity index (χ2v) is 37.4. The maximum atomic E-state index is 13.8. The third-order valence-electron chi connectivity index (χ3n) is 26.2. The zero-order valence-electron chi connectivity index (χ0n) is 75.8. The molecular weight excluding hydrogens is 1910 g/mol. The average Bonchev–Trinajstić information content (AvgIpc) is 0.740. The van der Waals surface area contributed by atoms with Crippen LogP contribution in [-0.2, 0) is 52.6 Å². The molecule has 6 aromatic carbocycles. The van der Waals surface area contributed by atoms with Crippen LogP contribution in [-0.4, -0.2) is 126 Å². The van der Waals surface area contributed by atoms with E-state index in [1.54, 1.807) is 58.3 Å². The van der Waals surface area contributed by atoms with Gasteiger partial charge in [0.1, 0.15) is 47.0 Å². The standard InChI is InChI=1S/C51H61F2NO10.C26H22F2INO4.C25H40O6.Cs/c1-6-51(4,5)50(61)64-44-26-30(2)25-34-8-7-31(3)41(47(34)44)22-19-38(55)27-39(56)28-45(58)62-29-46(59)63-40-20-11-33(12-21-40)48-42(23-24-43(57)32-9-13-35(52)14-10-32)49(60)54(48)37-17-15-36(53)16-18-37;27-18-5-1-16(2-6-18)23(31)14-13-22-25(17-3-11-21(12-4-17)34-24(32)15-29)30(26(22)33)20-9-7-19(28)8-10-20;1-6-25(4,5)24(30)31-21-12-15(2)11-17-8-7-16(3)20(23(17)21)10-9-18(26)13-19(27)14-22(28)29;/h7-18,20-21,25,30-31,38-39,41-44,47-48,55-57H,6,19,22-24,26-29H2,1-5H3;1-12,22-23,25,31H,13-15H2;7-8,11,15-16,18-21,23,26-27H,6,9-10,12-14H2,1-5H3,(H,28,29);/q;;;+1/p-1/t30-,31-,38+,39+,41?,42+,43-,44-,47-,48+;22-,23+,25-;15-,16-,18+,19+,20-,21-,23-;/m010./s1. The first-order chi connectivity index (χ1) is 61.2. The number of ether oxygens (including phenoxy) is 5. The summed E-state index contributed by atoms with van der Waals surface area (Å²) in [6.45, 7) is 19.4. The molecule has 2 saturated heterocycles. The normalized spacial score (nSPS) is 24.0. The van der Waals surface area contributed by atoms with Crippen molar-refractivity contribution in [1.82, 2.24) is 0 Å². The number of hydrogen-bond donors (Lipinski definition) is 6. The molecule has 696 valence electrons. The molecule has 130 heavy (non-hydrogen) atoms. The summed E-state index contributed by atoms with van der Waals surface area (Å²) in [5.41, 5.74) is 4.93. The number of aliphatic hydroxyl groups excluding tert-OH is 6. The summed E-state index contributed by atoms with van der Waals surface area (Å²) in [5, 5.41) is 73.7. The molecule has 0 spiro atoms. The first-order valence-electron chi connectivity index (χ1n) is 44.8. The largest absolute Gasteiger partial charge is 1.00 e. The first kappa shape index (κ1) is 106. The molecule has 1 unspecified atom stereocenters. The van der Waals surface area contributed by atoms with Crippen LogP contribution < -0.4 is 93.3 Å². The summed E-state index contributed by atoms with van der Waals surface area (Å²) in [6, 6.07) is 35.0. The van der Waals surface area contributed by atoms with Crippen molar-refractivity contribution in [1.29, 1.82) is 0 Å². The van der Waals surface area contributed by atoms with Crippen molar-refractivity contribution in [2.45, 2.75) is 233 Å². The Morgan fingerprint density at radius 1 is 0.477 bits per heavy atom. The molecule has 0 bridgehead atoms. The van der Waals surface area contributed by atoms with Crippen molar-refractivity contribution in [3.8, 4) is 11.5 Å². The molecule has 0 saturated carbocycles. The summed E-state index contributed by atoms with van der Waals surface area (Å²) in [6.07, 6.45) is 12.2. The van der Waals surface area contributed by atoms with Gasteiger partial charge in [-0.2, -0.15) is 0 Å². The Kier molecular flexibility index (Phi) is 39.9. The van der Waals surface area contributed by atoms with E-state index >= 15 is 0 Å². The van der Waals surface area contributed by atoms with E-state index in [0.29, 0.717) is 97.5 Å². The van der Waals surface area contributed by atoms with Gasteiger partial charge in [0.2, 0.25) is 11.8 Å². The Morgan fingerprint density at radius 3 is 1.18 bits per heavy atom. The van der Waals surface area contributed by atoms with Crippen LogP contribution in [0.25, 0.3) is 0 Å². The van der Waals surface area contributed by atoms with Gasteiger partial charge in [-0.1, -0.05) is 149 Å². The number of carbonyl (C=O) groups is 8. The zero-order valence-corrected chi connectivity index (χ0v) is 84.2. The number of allylic oxidation sites excluding steroid dienone is 6. The van der Waals surface area contributed by atoms with E-state index in [1.165, 1.54) is 103 Å². The van der Waals surface area contributed by atoms with Crippen LogP contribution in [0.5, 0.6) is 11.5 Å². The molecule has 12 rings (SSSR count).